The van der Waals surface area contributed by atoms with E-state index in [1.165, 1.54) is 42.5 Å². The molecular formula is C28H25FN2O4S. The highest BCUT2D eigenvalue weighted by Crippen LogP contribution is 2.25. The molecule has 4 aromatic rings. The lowest BCUT2D eigenvalue weighted by atomic mass is 9.99. The molecule has 1 amide bonds. The van der Waals surface area contributed by atoms with E-state index < -0.39 is 15.8 Å². The van der Waals surface area contributed by atoms with Gasteiger partial charge in [-0.25, -0.2) is 12.8 Å². The van der Waals surface area contributed by atoms with Crippen LogP contribution in [0, 0.1) is 12.7 Å². The first-order valence-electron chi connectivity index (χ1n) is 11.2. The lowest BCUT2D eigenvalue weighted by Crippen LogP contribution is -2.33. The zero-order chi connectivity index (χ0) is 25.5. The summed E-state index contributed by atoms with van der Waals surface area (Å²) in [6.45, 7) is 1.46. The summed E-state index contributed by atoms with van der Waals surface area (Å²) in [4.78, 5) is 12.8. The number of rotatable bonds is 9. The van der Waals surface area contributed by atoms with Gasteiger partial charge < -0.3 is 10.1 Å². The van der Waals surface area contributed by atoms with Gasteiger partial charge >= 0.3 is 0 Å². The molecule has 4 aromatic carbocycles. The van der Waals surface area contributed by atoms with Crippen LogP contribution in [0.5, 0.6) is 5.75 Å². The number of sulfonamides is 1. The molecule has 0 aliphatic heterocycles. The fraction of sp³-hybridized carbons (Fsp3) is 0.107. The third-order valence-electron chi connectivity index (χ3n) is 5.48. The summed E-state index contributed by atoms with van der Waals surface area (Å²) in [6, 6.07) is 28.3. The highest BCUT2D eigenvalue weighted by atomic mass is 32.2. The SMILES string of the molecule is Cc1cc(S(=O)(=O)Nc2ccc(F)cc2)ccc1OCC(=O)NC(c1ccccc1)c1ccccc1. The van der Waals surface area contributed by atoms with Gasteiger partial charge in [0.2, 0.25) is 0 Å². The number of hydrogen-bond acceptors (Lipinski definition) is 4. The quantitative estimate of drug-likeness (QED) is 0.327. The first kappa shape index (κ1) is 24.9. The van der Waals surface area contributed by atoms with E-state index in [0.29, 0.717) is 11.3 Å². The number of carbonyl (C=O) groups excluding carboxylic acids is 1. The Bertz CT molecular complexity index is 1390. The summed E-state index contributed by atoms with van der Waals surface area (Å²) >= 11 is 0. The van der Waals surface area contributed by atoms with Crippen molar-refractivity contribution in [2.24, 2.45) is 0 Å². The van der Waals surface area contributed by atoms with Crippen molar-refractivity contribution in [2.45, 2.75) is 17.9 Å². The van der Waals surface area contributed by atoms with Crippen molar-refractivity contribution in [1.82, 2.24) is 5.32 Å². The van der Waals surface area contributed by atoms with Gasteiger partial charge in [0, 0.05) is 5.69 Å². The van der Waals surface area contributed by atoms with Gasteiger partial charge in [-0.1, -0.05) is 60.7 Å². The molecule has 0 heterocycles. The molecule has 0 aromatic heterocycles. The second kappa shape index (κ2) is 11.0. The molecule has 8 heteroatoms. The molecule has 0 saturated heterocycles. The summed E-state index contributed by atoms with van der Waals surface area (Å²) in [5.41, 5.74) is 2.68. The van der Waals surface area contributed by atoms with E-state index in [0.717, 1.165) is 11.1 Å². The predicted molar refractivity (Wildman–Crippen MR) is 137 cm³/mol. The van der Waals surface area contributed by atoms with Gasteiger partial charge in [0.05, 0.1) is 10.9 Å². The van der Waals surface area contributed by atoms with Crippen molar-refractivity contribution in [2.75, 3.05) is 11.3 Å². The molecule has 6 nitrogen and oxygen atoms in total. The number of halogens is 1. The van der Waals surface area contributed by atoms with Gasteiger partial charge in [-0.3, -0.25) is 9.52 Å². The van der Waals surface area contributed by atoms with Crippen LogP contribution in [-0.4, -0.2) is 20.9 Å². The molecule has 0 fully saturated rings. The van der Waals surface area contributed by atoms with E-state index in [4.69, 9.17) is 4.74 Å². The average molecular weight is 505 g/mol. The summed E-state index contributed by atoms with van der Waals surface area (Å²) in [7, 11) is -3.88. The molecule has 0 bridgehead atoms. The van der Waals surface area contributed by atoms with Crippen LogP contribution in [0.3, 0.4) is 0 Å². The molecule has 0 aliphatic carbocycles. The van der Waals surface area contributed by atoms with Crippen molar-refractivity contribution >= 4 is 21.6 Å². The molecule has 36 heavy (non-hydrogen) atoms. The van der Waals surface area contributed by atoms with Gasteiger partial charge in [-0.15, -0.1) is 0 Å². The van der Waals surface area contributed by atoms with E-state index in [1.54, 1.807) is 6.92 Å². The maximum absolute atomic E-state index is 13.1. The molecular weight excluding hydrogens is 479 g/mol. The van der Waals surface area contributed by atoms with Crippen LogP contribution >= 0.6 is 0 Å². The second-order valence-electron chi connectivity index (χ2n) is 8.15. The number of nitrogens with one attached hydrogen (secondary N) is 2. The standard InChI is InChI=1S/C28H25FN2O4S/c1-20-18-25(36(33,34)31-24-14-12-23(29)13-15-24)16-17-26(20)35-19-27(32)30-28(21-8-4-2-5-9-21)22-10-6-3-7-11-22/h2-18,28,31H,19H2,1H3,(H,30,32). The van der Waals surface area contributed by atoms with Gasteiger partial charge in [0.25, 0.3) is 15.9 Å². The number of ether oxygens (including phenoxy) is 1. The maximum atomic E-state index is 13.1. The van der Waals surface area contributed by atoms with E-state index in [9.17, 15) is 17.6 Å². The van der Waals surface area contributed by atoms with E-state index in [1.807, 2.05) is 60.7 Å². The normalized spacial score (nSPS) is 11.2. The largest absolute Gasteiger partial charge is 0.484 e. The Hall–Kier alpha value is -4.17. The lowest BCUT2D eigenvalue weighted by Gasteiger charge is -2.20. The smallest absolute Gasteiger partial charge is 0.261 e. The fourth-order valence-corrected chi connectivity index (χ4v) is 4.82. The van der Waals surface area contributed by atoms with Gasteiger partial charge in [-0.05, 0) is 66.1 Å². The Labute approximate surface area is 209 Å². The fourth-order valence-electron chi connectivity index (χ4n) is 3.68. The molecule has 0 atom stereocenters. The summed E-state index contributed by atoms with van der Waals surface area (Å²) in [6.07, 6.45) is 0. The van der Waals surface area contributed by atoms with Crippen LogP contribution in [0.4, 0.5) is 10.1 Å². The van der Waals surface area contributed by atoms with Crippen molar-refractivity contribution in [3.8, 4) is 5.75 Å². The Morgan fingerprint density at radius 3 is 2.00 bits per heavy atom. The van der Waals surface area contributed by atoms with Crippen LogP contribution in [0.2, 0.25) is 0 Å². The van der Waals surface area contributed by atoms with Crippen LogP contribution in [0.1, 0.15) is 22.7 Å². The lowest BCUT2D eigenvalue weighted by molar-refractivity contribution is -0.123. The van der Waals surface area contributed by atoms with E-state index in [2.05, 4.69) is 10.0 Å². The van der Waals surface area contributed by atoms with Crippen molar-refractivity contribution < 1.29 is 22.3 Å². The molecule has 0 saturated carbocycles. The molecule has 0 aliphatic rings. The Morgan fingerprint density at radius 1 is 0.861 bits per heavy atom. The first-order chi connectivity index (χ1) is 17.3. The number of amides is 1. The number of anilines is 1. The molecule has 184 valence electrons. The third-order valence-corrected chi connectivity index (χ3v) is 6.86. The van der Waals surface area contributed by atoms with Crippen LogP contribution < -0.4 is 14.8 Å². The number of hydrogen-bond donors (Lipinski definition) is 2. The third kappa shape index (κ3) is 6.28. The average Bonchev–Trinajstić information content (AvgIpc) is 2.89. The van der Waals surface area contributed by atoms with E-state index >= 15 is 0 Å². The topological polar surface area (TPSA) is 84.5 Å². The van der Waals surface area contributed by atoms with Crippen LogP contribution in [-0.2, 0) is 14.8 Å². The van der Waals surface area contributed by atoms with Crippen LogP contribution in [0.15, 0.2) is 108 Å². The maximum Gasteiger partial charge on any atom is 0.261 e. The van der Waals surface area contributed by atoms with Gasteiger partial charge in [-0.2, -0.15) is 0 Å². The Morgan fingerprint density at radius 2 is 1.44 bits per heavy atom. The Balaban J connectivity index is 1.42. The zero-order valence-corrected chi connectivity index (χ0v) is 20.3. The summed E-state index contributed by atoms with van der Waals surface area (Å²) < 4.78 is 46.6. The highest BCUT2D eigenvalue weighted by molar-refractivity contribution is 7.92. The van der Waals surface area contributed by atoms with Gasteiger partial charge in [0.1, 0.15) is 11.6 Å². The number of aryl methyl sites for hydroxylation is 1. The van der Waals surface area contributed by atoms with Crippen molar-refractivity contribution in [3.63, 3.8) is 0 Å². The minimum absolute atomic E-state index is 0.0225. The van der Waals surface area contributed by atoms with E-state index in [-0.39, 0.29) is 29.1 Å². The van der Waals surface area contributed by atoms with Crippen LogP contribution in [0.25, 0.3) is 0 Å². The summed E-state index contributed by atoms with van der Waals surface area (Å²) in [5.74, 6) is -0.387. The predicted octanol–water partition coefficient (Wildman–Crippen LogP) is 5.22. The molecule has 0 spiro atoms. The molecule has 0 unspecified atom stereocenters. The van der Waals surface area contributed by atoms with Crippen molar-refractivity contribution in [3.05, 3.63) is 126 Å². The minimum atomic E-state index is -3.88. The molecule has 2 N–H and O–H groups in total. The Kier molecular flexibility index (Phi) is 7.65. The minimum Gasteiger partial charge on any atom is -0.484 e. The zero-order valence-electron chi connectivity index (χ0n) is 19.5. The second-order valence-corrected chi connectivity index (χ2v) is 9.83. The monoisotopic (exact) mass is 504 g/mol. The summed E-state index contributed by atoms with van der Waals surface area (Å²) in [5, 5.41) is 3.01. The number of carbonyl (C=O) groups is 1. The molecule has 4 rings (SSSR count). The van der Waals surface area contributed by atoms with Gasteiger partial charge in [0.15, 0.2) is 6.61 Å². The van der Waals surface area contributed by atoms with Crippen molar-refractivity contribution in [1.29, 1.82) is 0 Å². The number of benzene rings is 4. The molecule has 0 radical (unpaired) electrons. The highest BCUT2D eigenvalue weighted by Gasteiger charge is 2.19. The first-order valence-corrected chi connectivity index (χ1v) is 12.7.